The average Bonchev–Trinajstić information content (AvgIpc) is 2.73. The maximum absolute atomic E-state index is 12.3. The van der Waals surface area contributed by atoms with Crippen LogP contribution in [0.4, 0.5) is 0 Å². The highest BCUT2D eigenvalue weighted by atomic mass is 16.5. The van der Waals surface area contributed by atoms with E-state index in [0.29, 0.717) is 13.1 Å². The van der Waals surface area contributed by atoms with Crippen molar-refractivity contribution in [1.82, 2.24) is 15.5 Å². The second kappa shape index (κ2) is 11.7. The number of amides is 1. The second-order valence-corrected chi connectivity index (χ2v) is 8.99. The Hall–Kier alpha value is -1.63. The number of methoxy groups -OCH3 is 1. The Morgan fingerprint density at radius 1 is 1.27 bits per heavy atom. The lowest BCUT2D eigenvalue weighted by Gasteiger charge is -2.47. The third-order valence-electron chi connectivity index (χ3n) is 6.34. The summed E-state index contributed by atoms with van der Waals surface area (Å²) in [4.78, 5) is 14.4. The lowest BCUT2D eigenvalue weighted by Crippen LogP contribution is -2.47. The van der Waals surface area contributed by atoms with Crippen molar-refractivity contribution in [2.24, 2.45) is 0 Å². The molecule has 0 radical (unpaired) electrons. The maximum Gasteiger partial charge on any atom is 0.233 e. The van der Waals surface area contributed by atoms with Crippen LogP contribution in [0, 0.1) is 0 Å². The Morgan fingerprint density at radius 2 is 2.03 bits per heavy atom. The molecule has 0 bridgehead atoms. The summed E-state index contributed by atoms with van der Waals surface area (Å²) in [6, 6.07) is 8.30. The third-order valence-corrected chi connectivity index (χ3v) is 6.34. The molecule has 0 spiro atoms. The van der Waals surface area contributed by atoms with E-state index >= 15 is 0 Å². The summed E-state index contributed by atoms with van der Waals surface area (Å²) < 4.78 is 11.8. The Bertz CT molecular complexity index is 667. The van der Waals surface area contributed by atoms with Crippen molar-refractivity contribution in [2.45, 2.75) is 57.0 Å². The number of para-hydroxylation sites is 1. The van der Waals surface area contributed by atoms with Gasteiger partial charge >= 0.3 is 0 Å². The van der Waals surface area contributed by atoms with E-state index in [0.717, 1.165) is 57.6 Å². The first-order chi connectivity index (χ1) is 14.3. The van der Waals surface area contributed by atoms with Crippen molar-refractivity contribution >= 4 is 5.91 Å². The fourth-order valence-electron chi connectivity index (χ4n) is 4.46. The van der Waals surface area contributed by atoms with Crippen molar-refractivity contribution in [3.05, 3.63) is 29.8 Å². The van der Waals surface area contributed by atoms with Crippen LogP contribution in [-0.2, 0) is 14.9 Å². The van der Waals surface area contributed by atoms with Crippen molar-refractivity contribution in [2.75, 3.05) is 54.0 Å². The molecule has 1 amide bonds. The number of nitrogens with one attached hydrogen (secondary N) is 2. The molecule has 2 rings (SSSR count). The predicted octanol–water partition coefficient (Wildman–Crippen LogP) is 2.96. The molecule has 2 atom stereocenters. The van der Waals surface area contributed by atoms with E-state index in [1.807, 2.05) is 12.1 Å². The van der Waals surface area contributed by atoms with Crippen LogP contribution in [0.2, 0.25) is 0 Å². The number of carbonyl (C=O) groups is 1. The average molecular weight is 420 g/mol. The lowest BCUT2D eigenvalue weighted by molar-refractivity contribution is -0.120. The summed E-state index contributed by atoms with van der Waals surface area (Å²) in [5, 5.41) is 6.35. The first-order valence-electron chi connectivity index (χ1n) is 11.2. The molecule has 0 aliphatic carbocycles. The summed E-state index contributed by atoms with van der Waals surface area (Å²) in [5.41, 5.74) is 1.01. The van der Waals surface area contributed by atoms with Gasteiger partial charge in [-0.2, -0.15) is 0 Å². The highest BCUT2D eigenvalue weighted by molar-refractivity contribution is 5.77. The number of rotatable bonds is 12. The minimum Gasteiger partial charge on any atom is -0.496 e. The van der Waals surface area contributed by atoms with Crippen LogP contribution >= 0.6 is 0 Å². The highest BCUT2D eigenvalue weighted by Gasteiger charge is 2.44. The zero-order valence-electron chi connectivity index (χ0n) is 19.6. The van der Waals surface area contributed by atoms with Crippen LogP contribution in [0.15, 0.2) is 24.3 Å². The summed E-state index contributed by atoms with van der Waals surface area (Å²) in [7, 11) is 5.85. The number of nitrogens with zero attached hydrogens (tertiary/aromatic N) is 1. The summed E-state index contributed by atoms with van der Waals surface area (Å²) >= 11 is 0. The Kier molecular flexibility index (Phi) is 9.59. The predicted molar refractivity (Wildman–Crippen MR) is 122 cm³/mol. The monoisotopic (exact) mass is 419 g/mol. The Labute approximate surface area is 182 Å². The van der Waals surface area contributed by atoms with Gasteiger partial charge in [-0.3, -0.25) is 4.79 Å². The van der Waals surface area contributed by atoms with Crippen molar-refractivity contribution in [3.8, 4) is 5.75 Å². The molecule has 0 unspecified atom stereocenters. The number of ether oxygens (including phenoxy) is 2. The number of carbonyl (C=O) groups excluding carboxylic acids is 1. The molecule has 0 aromatic heterocycles. The minimum atomic E-state index is -0.156. The molecule has 1 fully saturated rings. The van der Waals surface area contributed by atoms with E-state index in [-0.39, 0.29) is 16.9 Å². The molecule has 170 valence electrons. The number of hydrogen-bond donors (Lipinski definition) is 2. The van der Waals surface area contributed by atoms with E-state index in [9.17, 15) is 4.79 Å². The quantitative estimate of drug-likeness (QED) is 0.510. The molecule has 1 saturated heterocycles. The summed E-state index contributed by atoms with van der Waals surface area (Å²) in [6.45, 7) is 8.00. The van der Waals surface area contributed by atoms with Gasteiger partial charge in [0.05, 0.1) is 19.3 Å². The van der Waals surface area contributed by atoms with E-state index in [4.69, 9.17) is 9.47 Å². The molecule has 1 aliphatic heterocycles. The molecular formula is C24H41N3O3. The van der Waals surface area contributed by atoms with Crippen LogP contribution in [0.5, 0.6) is 5.75 Å². The topological polar surface area (TPSA) is 62.8 Å². The SMILES string of the molecule is CC[C@]1(C)C[C@@](CCNC(=O)CNCCCN(C)C)(c2ccccc2OC)CCO1. The van der Waals surface area contributed by atoms with Crippen molar-refractivity contribution < 1.29 is 14.3 Å². The van der Waals surface area contributed by atoms with Gasteiger partial charge in [0, 0.05) is 24.1 Å². The van der Waals surface area contributed by atoms with E-state index in [1.165, 1.54) is 5.56 Å². The van der Waals surface area contributed by atoms with Crippen LogP contribution in [-0.4, -0.2) is 70.4 Å². The smallest absolute Gasteiger partial charge is 0.233 e. The zero-order chi connectivity index (χ0) is 22.0. The zero-order valence-corrected chi connectivity index (χ0v) is 19.6. The molecule has 30 heavy (non-hydrogen) atoms. The standard InChI is InChI=1S/C24H41N3O3/c1-6-23(2)19-24(13-17-30-23,20-10-7-8-11-21(20)29-5)12-15-26-22(28)18-25-14-9-16-27(3)4/h7-8,10-11,25H,6,9,12-19H2,1-5H3,(H,26,28)/t23-,24+/m1/s1. The Morgan fingerprint density at radius 3 is 2.73 bits per heavy atom. The molecule has 1 aromatic rings. The van der Waals surface area contributed by atoms with Crippen molar-refractivity contribution in [3.63, 3.8) is 0 Å². The van der Waals surface area contributed by atoms with Gasteiger partial charge in [0.25, 0.3) is 0 Å². The molecule has 1 heterocycles. The van der Waals surface area contributed by atoms with Gasteiger partial charge in [-0.25, -0.2) is 0 Å². The van der Waals surface area contributed by atoms with E-state index in [2.05, 4.69) is 55.6 Å². The molecule has 1 aromatic carbocycles. The molecule has 6 heteroatoms. The summed E-state index contributed by atoms with van der Waals surface area (Å²) in [6.07, 6.45) is 4.73. The normalized spacial score (nSPS) is 24.1. The van der Waals surface area contributed by atoms with Gasteiger partial charge in [0.1, 0.15) is 5.75 Å². The molecule has 6 nitrogen and oxygen atoms in total. The van der Waals surface area contributed by atoms with Gasteiger partial charge in [-0.05, 0) is 72.3 Å². The highest BCUT2D eigenvalue weighted by Crippen LogP contribution is 2.47. The molecule has 1 aliphatic rings. The van der Waals surface area contributed by atoms with Gasteiger partial charge in [-0.15, -0.1) is 0 Å². The second-order valence-electron chi connectivity index (χ2n) is 8.99. The fraction of sp³-hybridized carbons (Fsp3) is 0.708. The minimum absolute atomic E-state index is 0.0559. The lowest BCUT2D eigenvalue weighted by atomic mass is 9.66. The molecular weight excluding hydrogens is 378 g/mol. The van der Waals surface area contributed by atoms with Crippen LogP contribution in [0.3, 0.4) is 0 Å². The van der Waals surface area contributed by atoms with Gasteiger partial charge < -0.3 is 25.0 Å². The van der Waals surface area contributed by atoms with Crippen LogP contribution in [0.25, 0.3) is 0 Å². The van der Waals surface area contributed by atoms with E-state index in [1.54, 1.807) is 7.11 Å². The first-order valence-corrected chi connectivity index (χ1v) is 11.2. The van der Waals surface area contributed by atoms with Crippen LogP contribution < -0.4 is 15.4 Å². The number of benzene rings is 1. The van der Waals surface area contributed by atoms with Gasteiger partial charge in [0.15, 0.2) is 0 Å². The summed E-state index contributed by atoms with van der Waals surface area (Å²) in [5.74, 6) is 0.979. The molecule has 0 saturated carbocycles. The third kappa shape index (κ3) is 6.96. The first kappa shape index (κ1) is 24.6. The maximum atomic E-state index is 12.3. The Balaban J connectivity index is 1.99. The van der Waals surface area contributed by atoms with Crippen LogP contribution in [0.1, 0.15) is 51.5 Å². The fourth-order valence-corrected chi connectivity index (χ4v) is 4.46. The molecule has 2 N–H and O–H groups in total. The van der Waals surface area contributed by atoms with Gasteiger partial charge in [-0.1, -0.05) is 25.1 Å². The van der Waals surface area contributed by atoms with Crippen molar-refractivity contribution in [1.29, 1.82) is 0 Å². The number of hydrogen-bond acceptors (Lipinski definition) is 5. The largest absolute Gasteiger partial charge is 0.496 e. The van der Waals surface area contributed by atoms with E-state index < -0.39 is 0 Å². The van der Waals surface area contributed by atoms with Gasteiger partial charge in [0.2, 0.25) is 5.91 Å².